The highest BCUT2D eigenvalue weighted by Gasteiger charge is 2.11. The van der Waals surface area contributed by atoms with Gasteiger partial charge in [-0.15, -0.1) is 0 Å². The van der Waals surface area contributed by atoms with Crippen LogP contribution in [0, 0.1) is 0 Å². The zero-order valence-electron chi connectivity index (χ0n) is 5.69. The van der Waals surface area contributed by atoms with Crippen LogP contribution in [-0.4, -0.2) is 32.2 Å². The number of nitrogens with one attached hydrogen (secondary N) is 2. The summed E-state index contributed by atoms with van der Waals surface area (Å²) in [5, 5.41) is 6.62. The average Bonchev–Trinajstić information content (AvgIpc) is 2.34. The maximum atomic E-state index is 5.32. The summed E-state index contributed by atoms with van der Waals surface area (Å²) >= 11 is 0. The first-order valence-corrected chi connectivity index (χ1v) is 3.57. The highest BCUT2D eigenvalue weighted by molar-refractivity contribution is 4.76. The minimum atomic E-state index is 0.675. The van der Waals surface area contributed by atoms with E-state index in [1.807, 2.05) is 0 Å². The van der Waals surface area contributed by atoms with E-state index in [4.69, 9.17) is 5.73 Å². The van der Waals surface area contributed by atoms with Gasteiger partial charge in [0.2, 0.25) is 0 Å². The fourth-order valence-corrected chi connectivity index (χ4v) is 1.12. The van der Waals surface area contributed by atoms with Gasteiger partial charge in [-0.2, -0.15) is 0 Å². The van der Waals surface area contributed by atoms with Crippen LogP contribution < -0.4 is 16.4 Å². The van der Waals surface area contributed by atoms with Crippen LogP contribution >= 0.6 is 0 Å². The molecular formula is C6H15N3. The fraction of sp³-hybridized carbons (Fsp3) is 1.00. The van der Waals surface area contributed by atoms with Gasteiger partial charge in [0.1, 0.15) is 0 Å². The molecule has 0 amide bonds. The molecule has 1 aliphatic heterocycles. The van der Waals surface area contributed by atoms with Crippen LogP contribution in [0.3, 0.4) is 0 Å². The summed E-state index contributed by atoms with van der Waals surface area (Å²) in [6.07, 6.45) is 1.25. The molecule has 0 aromatic carbocycles. The van der Waals surface area contributed by atoms with E-state index in [1.54, 1.807) is 0 Å². The lowest BCUT2D eigenvalue weighted by molar-refractivity contribution is 0.555. The Morgan fingerprint density at radius 3 is 3.11 bits per heavy atom. The standard InChI is InChI=1S/C6H15N3/c7-2-4-9-6-1-3-8-5-6/h6,8-9H,1-5,7H2. The Morgan fingerprint density at radius 1 is 1.67 bits per heavy atom. The van der Waals surface area contributed by atoms with Crippen LogP contribution in [0.2, 0.25) is 0 Å². The number of nitrogens with two attached hydrogens (primary N) is 1. The summed E-state index contributed by atoms with van der Waals surface area (Å²) in [6, 6.07) is 0.675. The van der Waals surface area contributed by atoms with Crippen LogP contribution in [0.15, 0.2) is 0 Å². The first kappa shape index (κ1) is 6.99. The van der Waals surface area contributed by atoms with Crippen molar-refractivity contribution < 1.29 is 0 Å². The molecule has 1 saturated heterocycles. The average molecular weight is 129 g/mol. The Hall–Kier alpha value is -0.120. The van der Waals surface area contributed by atoms with Crippen LogP contribution in [0.5, 0.6) is 0 Å². The topological polar surface area (TPSA) is 50.1 Å². The van der Waals surface area contributed by atoms with Crippen molar-refractivity contribution in [3.05, 3.63) is 0 Å². The number of hydrogen-bond acceptors (Lipinski definition) is 3. The number of rotatable bonds is 3. The van der Waals surface area contributed by atoms with Gasteiger partial charge < -0.3 is 16.4 Å². The lowest BCUT2D eigenvalue weighted by atomic mass is 10.3. The molecule has 1 unspecified atom stereocenters. The van der Waals surface area contributed by atoms with Gasteiger partial charge in [-0.1, -0.05) is 0 Å². The molecule has 0 aromatic heterocycles. The van der Waals surface area contributed by atoms with Crippen LogP contribution in [0.25, 0.3) is 0 Å². The first-order chi connectivity index (χ1) is 4.43. The Labute approximate surface area is 56.0 Å². The van der Waals surface area contributed by atoms with E-state index in [9.17, 15) is 0 Å². The summed E-state index contributed by atoms with van der Waals surface area (Å²) in [6.45, 7) is 3.96. The highest BCUT2D eigenvalue weighted by Crippen LogP contribution is 1.94. The molecule has 1 fully saturated rings. The third-order valence-electron chi connectivity index (χ3n) is 1.64. The summed E-state index contributed by atoms with van der Waals surface area (Å²) in [5.41, 5.74) is 5.32. The smallest absolute Gasteiger partial charge is 0.0205 e. The monoisotopic (exact) mass is 129 g/mol. The zero-order chi connectivity index (χ0) is 6.53. The molecule has 54 valence electrons. The van der Waals surface area contributed by atoms with Crippen molar-refractivity contribution in [2.75, 3.05) is 26.2 Å². The molecule has 3 nitrogen and oxygen atoms in total. The van der Waals surface area contributed by atoms with Gasteiger partial charge in [0, 0.05) is 25.7 Å². The van der Waals surface area contributed by atoms with Crippen LogP contribution in [0.4, 0.5) is 0 Å². The summed E-state index contributed by atoms with van der Waals surface area (Å²) in [4.78, 5) is 0. The Balaban J connectivity index is 1.98. The van der Waals surface area contributed by atoms with Gasteiger partial charge in [-0.3, -0.25) is 0 Å². The normalized spacial score (nSPS) is 27.0. The molecule has 1 aliphatic rings. The molecule has 0 saturated carbocycles. The zero-order valence-corrected chi connectivity index (χ0v) is 5.69. The van der Waals surface area contributed by atoms with Gasteiger partial charge in [0.05, 0.1) is 0 Å². The lowest BCUT2D eigenvalue weighted by Gasteiger charge is -2.08. The van der Waals surface area contributed by atoms with E-state index < -0.39 is 0 Å². The molecule has 3 heteroatoms. The van der Waals surface area contributed by atoms with Crippen molar-refractivity contribution in [2.24, 2.45) is 5.73 Å². The predicted molar refractivity (Wildman–Crippen MR) is 38.3 cm³/mol. The summed E-state index contributed by atoms with van der Waals surface area (Å²) < 4.78 is 0. The van der Waals surface area contributed by atoms with Gasteiger partial charge in [0.25, 0.3) is 0 Å². The van der Waals surface area contributed by atoms with Gasteiger partial charge in [0.15, 0.2) is 0 Å². The third-order valence-corrected chi connectivity index (χ3v) is 1.64. The molecule has 1 heterocycles. The highest BCUT2D eigenvalue weighted by atomic mass is 15.0. The minimum Gasteiger partial charge on any atom is -0.329 e. The quantitative estimate of drug-likeness (QED) is 0.453. The summed E-state index contributed by atoms with van der Waals surface area (Å²) in [7, 11) is 0. The Bertz CT molecular complexity index is 68.7. The Morgan fingerprint density at radius 2 is 2.56 bits per heavy atom. The molecule has 0 aromatic rings. The van der Waals surface area contributed by atoms with Gasteiger partial charge in [-0.25, -0.2) is 0 Å². The maximum absolute atomic E-state index is 5.32. The Kier molecular flexibility index (Phi) is 2.97. The largest absolute Gasteiger partial charge is 0.329 e. The first-order valence-electron chi connectivity index (χ1n) is 3.57. The van der Waals surface area contributed by atoms with Crippen LogP contribution in [0.1, 0.15) is 6.42 Å². The van der Waals surface area contributed by atoms with Gasteiger partial charge in [-0.05, 0) is 13.0 Å². The predicted octanol–water partition coefficient (Wildman–Crippen LogP) is -1.10. The van der Waals surface area contributed by atoms with E-state index in [0.29, 0.717) is 6.04 Å². The molecule has 0 aliphatic carbocycles. The second kappa shape index (κ2) is 3.82. The second-order valence-electron chi connectivity index (χ2n) is 2.43. The maximum Gasteiger partial charge on any atom is 0.0205 e. The molecule has 1 rings (SSSR count). The van der Waals surface area contributed by atoms with E-state index in [-0.39, 0.29) is 0 Å². The molecule has 0 radical (unpaired) electrons. The van der Waals surface area contributed by atoms with Gasteiger partial charge >= 0.3 is 0 Å². The van der Waals surface area contributed by atoms with Crippen molar-refractivity contribution >= 4 is 0 Å². The van der Waals surface area contributed by atoms with Crippen LogP contribution in [-0.2, 0) is 0 Å². The number of hydrogen-bond donors (Lipinski definition) is 3. The minimum absolute atomic E-state index is 0.675. The molecule has 1 atom stereocenters. The van der Waals surface area contributed by atoms with E-state index >= 15 is 0 Å². The van der Waals surface area contributed by atoms with Crippen molar-refractivity contribution in [3.8, 4) is 0 Å². The summed E-state index contributed by atoms with van der Waals surface area (Å²) in [5.74, 6) is 0. The van der Waals surface area contributed by atoms with Crippen molar-refractivity contribution in [1.82, 2.24) is 10.6 Å². The molecule has 0 spiro atoms. The van der Waals surface area contributed by atoms with Crippen molar-refractivity contribution in [3.63, 3.8) is 0 Å². The molecular weight excluding hydrogens is 114 g/mol. The lowest BCUT2D eigenvalue weighted by Crippen LogP contribution is -2.34. The van der Waals surface area contributed by atoms with Crippen molar-refractivity contribution in [2.45, 2.75) is 12.5 Å². The fourth-order valence-electron chi connectivity index (χ4n) is 1.12. The second-order valence-corrected chi connectivity index (χ2v) is 2.43. The molecule has 9 heavy (non-hydrogen) atoms. The van der Waals surface area contributed by atoms with E-state index in [0.717, 1.165) is 26.2 Å². The third kappa shape index (κ3) is 2.30. The van der Waals surface area contributed by atoms with Crippen molar-refractivity contribution in [1.29, 1.82) is 0 Å². The molecule has 0 bridgehead atoms. The van der Waals surface area contributed by atoms with E-state index in [2.05, 4.69) is 10.6 Å². The molecule has 4 N–H and O–H groups in total. The van der Waals surface area contributed by atoms with E-state index in [1.165, 1.54) is 6.42 Å². The SMILES string of the molecule is NCCNC1CCNC1.